The van der Waals surface area contributed by atoms with Crippen LogP contribution in [0.1, 0.15) is 19.3 Å². The lowest BCUT2D eigenvalue weighted by Gasteiger charge is -2.05. The molecule has 2 nitrogen and oxygen atoms in total. The summed E-state index contributed by atoms with van der Waals surface area (Å²) < 4.78 is 5.34. The van der Waals surface area contributed by atoms with Crippen molar-refractivity contribution in [2.24, 2.45) is 0 Å². The molecule has 0 spiro atoms. The second-order valence-corrected chi connectivity index (χ2v) is 2.91. The van der Waals surface area contributed by atoms with Gasteiger partial charge in [0.2, 0.25) is 0 Å². The summed E-state index contributed by atoms with van der Waals surface area (Å²) in [5.74, 6) is 0.938. The van der Waals surface area contributed by atoms with Gasteiger partial charge in [-0.3, -0.25) is 4.79 Å². The number of rotatable bonds is 1. The van der Waals surface area contributed by atoms with Crippen molar-refractivity contribution in [3.63, 3.8) is 0 Å². The Kier molecular flexibility index (Phi) is 1.53. The Morgan fingerprint density at radius 3 is 3.27 bits per heavy atom. The summed E-state index contributed by atoms with van der Waals surface area (Å²) in [4.78, 5) is 10.4. The van der Waals surface area contributed by atoms with Gasteiger partial charge in [0.05, 0.1) is 0 Å². The van der Waals surface area contributed by atoms with Crippen LogP contribution in [0, 0.1) is 0 Å². The molecule has 0 saturated heterocycles. The van der Waals surface area contributed by atoms with Crippen LogP contribution in [0.4, 0.5) is 0 Å². The van der Waals surface area contributed by atoms with E-state index >= 15 is 0 Å². The van der Waals surface area contributed by atoms with Crippen LogP contribution >= 0.6 is 0 Å². The lowest BCUT2D eigenvalue weighted by atomic mass is 10.0. The first-order valence-electron chi connectivity index (χ1n) is 3.90. The molecule has 1 atom stereocenters. The monoisotopic (exact) mass is 150 g/mol. The topological polar surface area (TPSA) is 26.3 Å². The zero-order chi connectivity index (χ0) is 7.68. The van der Waals surface area contributed by atoms with Crippen molar-refractivity contribution in [3.05, 3.63) is 23.5 Å². The largest absolute Gasteiger partial charge is 0.483 e. The Bertz CT molecular complexity index is 238. The number of carbonyl (C=O) groups is 1. The molecule has 1 unspecified atom stereocenters. The fourth-order valence-electron chi connectivity index (χ4n) is 1.54. The first-order valence-corrected chi connectivity index (χ1v) is 3.90. The van der Waals surface area contributed by atoms with E-state index in [1.807, 2.05) is 6.08 Å². The molecule has 0 aromatic heterocycles. The van der Waals surface area contributed by atoms with E-state index in [1.54, 1.807) is 0 Å². The maximum atomic E-state index is 10.4. The fourth-order valence-corrected chi connectivity index (χ4v) is 1.54. The summed E-state index contributed by atoms with van der Waals surface area (Å²) in [7, 11) is 0. The van der Waals surface area contributed by atoms with E-state index in [4.69, 9.17) is 4.74 Å². The third-order valence-electron chi connectivity index (χ3n) is 2.11. The predicted molar refractivity (Wildman–Crippen MR) is 41.0 cm³/mol. The van der Waals surface area contributed by atoms with E-state index in [0.717, 1.165) is 31.3 Å². The zero-order valence-corrected chi connectivity index (χ0v) is 6.25. The number of ether oxygens (including phenoxy) is 1. The summed E-state index contributed by atoms with van der Waals surface area (Å²) in [6, 6.07) is 0. The number of hydrogen-bond donors (Lipinski definition) is 0. The number of hydrogen-bond acceptors (Lipinski definition) is 2. The maximum absolute atomic E-state index is 10.4. The van der Waals surface area contributed by atoms with Gasteiger partial charge < -0.3 is 4.74 Å². The van der Waals surface area contributed by atoms with Gasteiger partial charge in [-0.2, -0.15) is 0 Å². The van der Waals surface area contributed by atoms with Crippen LogP contribution in [0.25, 0.3) is 0 Å². The Morgan fingerprint density at radius 2 is 2.55 bits per heavy atom. The smallest absolute Gasteiger partial charge is 0.160 e. The van der Waals surface area contributed by atoms with E-state index in [9.17, 15) is 4.79 Å². The van der Waals surface area contributed by atoms with Crippen LogP contribution in [0.5, 0.6) is 0 Å². The highest BCUT2D eigenvalue weighted by Crippen LogP contribution is 2.31. The van der Waals surface area contributed by atoms with Crippen molar-refractivity contribution in [2.75, 3.05) is 0 Å². The fraction of sp³-hybridized carbons (Fsp3) is 0.444. The Labute approximate surface area is 65.5 Å². The van der Waals surface area contributed by atoms with Crippen molar-refractivity contribution in [1.82, 2.24) is 0 Å². The molecule has 0 saturated carbocycles. The molecule has 0 radical (unpaired) electrons. The third-order valence-corrected chi connectivity index (χ3v) is 2.11. The van der Waals surface area contributed by atoms with Gasteiger partial charge in [-0.25, -0.2) is 0 Å². The summed E-state index contributed by atoms with van der Waals surface area (Å²) in [5, 5.41) is 0. The molecule has 1 aliphatic carbocycles. The average molecular weight is 150 g/mol. The van der Waals surface area contributed by atoms with Gasteiger partial charge in [-0.15, -0.1) is 0 Å². The first-order chi connectivity index (χ1) is 5.40. The van der Waals surface area contributed by atoms with Gasteiger partial charge in [0.1, 0.15) is 5.76 Å². The second-order valence-electron chi connectivity index (χ2n) is 2.91. The van der Waals surface area contributed by atoms with Gasteiger partial charge in [0.15, 0.2) is 12.4 Å². The molecule has 11 heavy (non-hydrogen) atoms. The lowest BCUT2D eigenvalue weighted by molar-refractivity contribution is -0.114. The summed E-state index contributed by atoms with van der Waals surface area (Å²) in [6.07, 6.45) is 7.70. The lowest BCUT2D eigenvalue weighted by Crippen LogP contribution is -2.06. The molecule has 0 N–H and O–H groups in total. The van der Waals surface area contributed by atoms with Gasteiger partial charge in [-0.1, -0.05) is 6.08 Å². The number of aldehydes is 1. The van der Waals surface area contributed by atoms with E-state index in [2.05, 4.69) is 6.08 Å². The molecule has 0 aromatic carbocycles. The van der Waals surface area contributed by atoms with Crippen molar-refractivity contribution < 1.29 is 9.53 Å². The van der Waals surface area contributed by atoms with E-state index in [-0.39, 0.29) is 6.10 Å². The first kappa shape index (κ1) is 6.65. The predicted octanol–water partition coefficient (Wildman–Crippen LogP) is 1.58. The summed E-state index contributed by atoms with van der Waals surface area (Å²) >= 11 is 0. The van der Waals surface area contributed by atoms with Gasteiger partial charge in [-0.05, 0) is 24.5 Å². The van der Waals surface area contributed by atoms with Crippen molar-refractivity contribution in [1.29, 1.82) is 0 Å². The molecule has 1 aliphatic heterocycles. The molecule has 0 fully saturated rings. The quantitative estimate of drug-likeness (QED) is 0.530. The summed E-state index contributed by atoms with van der Waals surface area (Å²) in [5.41, 5.74) is 1.31. The van der Waals surface area contributed by atoms with Gasteiger partial charge >= 0.3 is 0 Å². The molecule has 1 heterocycles. The number of carbonyl (C=O) groups excluding carboxylic acids is 1. The Hall–Kier alpha value is -1.05. The molecule has 0 bridgehead atoms. The highest BCUT2D eigenvalue weighted by Gasteiger charge is 2.24. The van der Waals surface area contributed by atoms with Crippen LogP contribution in [0.3, 0.4) is 0 Å². The molecular weight excluding hydrogens is 140 g/mol. The minimum atomic E-state index is -0.206. The molecule has 0 aromatic rings. The van der Waals surface area contributed by atoms with E-state index < -0.39 is 0 Å². The van der Waals surface area contributed by atoms with E-state index in [0.29, 0.717) is 0 Å². The standard InChI is InChI=1S/C9H10O2/c10-6-8-5-7-3-1-2-4-9(7)11-8/h2,4,6,8H,1,3,5H2. The minimum Gasteiger partial charge on any atom is -0.483 e. The SMILES string of the molecule is O=CC1CC2=C(C=CCC2)O1. The number of allylic oxidation sites excluding steroid dienone is 2. The van der Waals surface area contributed by atoms with Crippen LogP contribution in [-0.4, -0.2) is 12.4 Å². The maximum Gasteiger partial charge on any atom is 0.160 e. The van der Waals surface area contributed by atoms with Crippen LogP contribution in [-0.2, 0) is 9.53 Å². The normalized spacial score (nSPS) is 28.2. The van der Waals surface area contributed by atoms with Crippen molar-refractivity contribution in [2.45, 2.75) is 25.4 Å². The van der Waals surface area contributed by atoms with Crippen LogP contribution < -0.4 is 0 Å². The second kappa shape index (κ2) is 2.53. The molecule has 0 amide bonds. The molecular formula is C9H10O2. The average Bonchev–Trinajstić information content (AvgIpc) is 2.46. The third kappa shape index (κ3) is 1.09. The van der Waals surface area contributed by atoms with Crippen molar-refractivity contribution in [3.8, 4) is 0 Å². The zero-order valence-electron chi connectivity index (χ0n) is 6.25. The molecule has 2 aliphatic rings. The van der Waals surface area contributed by atoms with Gasteiger partial charge in [0.25, 0.3) is 0 Å². The van der Waals surface area contributed by atoms with E-state index in [1.165, 1.54) is 5.57 Å². The summed E-state index contributed by atoms with van der Waals surface area (Å²) in [6.45, 7) is 0. The van der Waals surface area contributed by atoms with Gasteiger partial charge in [0, 0.05) is 6.42 Å². The molecule has 58 valence electrons. The highest BCUT2D eigenvalue weighted by atomic mass is 16.5. The Morgan fingerprint density at radius 1 is 1.64 bits per heavy atom. The molecule has 2 rings (SSSR count). The van der Waals surface area contributed by atoms with Crippen LogP contribution in [0.15, 0.2) is 23.5 Å². The Balaban J connectivity index is 2.16. The molecule has 2 heteroatoms. The van der Waals surface area contributed by atoms with Crippen LogP contribution in [0.2, 0.25) is 0 Å². The highest BCUT2D eigenvalue weighted by molar-refractivity contribution is 5.59. The van der Waals surface area contributed by atoms with Crippen molar-refractivity contribution >= 4 is 6.29 Å². The minimum absolute atomic E-state index is 0.206.